The van der Waals surface area contributed by atoms with E-state index in [1.54, 1.807) is 20.3 Å². The molecule has 0 aliphatic carbocycles. The van der Waals surface area contributed by atoms with Crippen LogP contribution in [0.5, 0.6) is 11.5 Å². The van der Waals surface area contributed by atoms with Crippen LogP contribution >= 0.6 is 0 Å². The predicted molar refractivity (Wildman–Crippen MR) is 106 cm³/mol. The minimum absolute atomic E-state index is 0.0886. The maximum absolute atomic E-state index is 12.2. The summed E-state index contributed by atoms with van der Waals surface area (Å²) in [7, 11) is 6.95. The molecule has 2 aromatic rings. The van der Waals surface area contributed by atoms with Gasteiger partial charge in [0.1, 0.15) is 0 Å². The summed E-state index contributed by atoms with van der Waals surface area (Å²) >= 11 is 0. The Balaban J connectivity index is 2.06. The molecule has 0 aromatic heterocycles. The van der Waals surface area contributed by atoms with Gasteiger partial charge in [-0.3, -0.25) is 10.1 Å². The number of anilines is 1. The Hall–Kier alpha value is -3.33. The zero-order valence-electron chi connectivity index (χ0n) is 16.3. The van der Waals surface area contributed by atoms with Gasteiger partial charge in [-0.1, -0.05) is 12.1 Å². The number of amides is 2. The summed E-state index contributed by atoms with van der Waals surface area (Å²) in [6.45, 7) is 0.323. The molecule has 2 amide bonds. The molecule has 9 heteroatoms. The Morgan fingerprint density at radius 1 is 1.14 bits per heavy atom. The van der Waals surface area contributed by atoms with Gasteiger partial charge in [-0.05, 0) is 37.9 Å². The van der Waals surface area contributed by atoms with Crippen molar-refractivity contribution in [3.63, 3.8) is 0 Å². The molecule has 0 saturated carbocycles. The maximum atomic E-state index is 12.2. The third-order valence-corrected chi connectivity index (χ3v) is 4.19. The number of likely N-dealkylation sites (N-methyl/N-ethyl adjacent to an activating group) is 1. The van der Waals surface area contributed by atoms with E-state index >= 15 is 0 Å². The summed E-state index contributed by atoms with van der Waals surface area (Å²) in [6, 6.07) is 10.8. The van der Waals surface area contributed by atoms with E-state index in [0.29, 0.717) is 23.7 Å². The van der Waals surface area contributed by atoms with Gasteiger partial charge in [0.25, 0.3) is 5.69 Å². The topological polar surface area (TPSA) is 106 Å². The van der Waals surface area contributed by atoms with Gasteiger partial charge in [0.15, 0.2) is 11.5 Å². The lowest BCUT2D eigenvalue weighted by molar-refractivity contribution is -0.384. The van der Waals surface area contributed by atoms with E-state index in [-0.39, 0.29) is 11.7 Å². The first-order valence-corrected chi connectivity index (χ1v) is 8.53. The van der Waals surface area contributed by atoms with Gasteiger partial charge in [0.05, 0.1) is 25.2 Å². The van der Waals surface area contributed by atoms with E-state index in [9.17, 15) is 14.9 Å². The number of non-ortho nitro benzene ring substituents is 1. The van der Waals surface area contributed by atoms with Gasteiger partial charge in [0.2, 0.25) is 0 Å². The summed E-state index contributed by atoms with van der Waals surface area (Å²) in [6.07, 6.45) is 0. The largest absolute Gasteiger partial charge is 0.493 e. The number of nitrogens with zero attached hydrogens (tertiary/aromatic N) is 2. The molecule has 0 radical (unpaired) electrons. The fourth-order valence-electron chi connectivity index (χ4n) is 2.72. The highest BCUT2D eigenvalue weighted by Crippen LogP contribution is 2.31. The summed E-state index contributed by atoms with van der Waals surface area (Å²) in [5, 5.41) is 16.2. The second-order valence-corrected chi connectivity index (χ2v) is 6.24. The lowest BCUT2D eigenvalue weighted by atomic mass is 10.1. The van der Waals surface area contributed by atoms with Crippen LogP contribution in [0.25, 0.3) is 0 Å². The molecule has 150 valence electrons. The third kappa shape index (κ3) is 5.34. The van der Waals surface area contributed by atoms with Crippen molar-refractivity contribution in [3.8, 4) is 11.5 Å². The van der Waals surface area contributed by atoms with E-state index in [1.165, 1.54) is 18.2 Å². The maximum Gasteiger partial charge on any atom is 0.319 e. The van der Waals surface area contributed by atoms with E-state index in [1.807, 2.05) is 37.2 Å². The molecule has 2 rings (SSSR count). The van der Waals surface area contributed by atoms with Crippen LogP contribution in [0.15, 0.2) is 42.5 Å². The van der Waals surface area contributed by atoms with E-state index < -0.39 is 11.0 Å². The molecule has 0 unspecified atom stereocenters. The van der Waals surface area contributed by atoms with Crippen molar-refractivity contribution >= 4 is 17.4 Å². The van der Waals surface area contributed by atoms with Crippen molar-refractivity contribution in [3.05, 3.63) is 58.1 Å². The first-order chi connectivity index (χ1) is 13.3. The highest BCUT2D eigenvalue weighted by Gasteiger charge is 2.18. The number of nitro groups is 1. The number of benzene rings is 2. The molecule has 2 N–H and O–H groups in total. The minimum Gasteiger partial charge on any atom is -0.493 e. The molecular weight excluding hydrogens is 364 g/mol. The molecule has 0 heterocycles. The Morgan fingerprint density at radius 2 is 1.86 bits per heavy atom. The first-order valence-electron chi connectivity index (χ1n) is 8.53. The zero-order chi connectivity index (χ0) is 20.7. The number of carbonyl (C=O) groups excluding carboxylic acids is 1. The number of nitro benzene ring substituents is 1. The second-order valence-electron chi connectivity index (χ2n) is 6.24. The molecule has 0 spiro atoms. The number of urea groups is 1. The van der Waals surface area contributed by atoms with Crippen LogP contribution in [0.1, 0.15) is 11.6 Å². The van der Waals surface area contributed by atoms with E-state index in [4.69, 9.17) is 9.47 Å². The number of carbonyl (C=O) groups is 1. The molecule has 9 nitrogen and oxygen atoms in total. The van der Waals surface area contributed by atoms with Gasteiger partial charge >= 0.3 is 6.03 Å². The van der Waals surface area contributed by atoms with Gasteiger partial charge < -0.3 is 25.0 Å². The Labute approximate surface area is 163 Å². The summed E-state index contributed by atoms with van der Waals surface area (Å²) in [5.41, 5.74) is 1.20. The molecular formula is C19H24N4O5. The van der Waals surface area contributed by atoms with Crippen LogP contribution in [-0.4, -0.2) is 50.7 Å². The van der Waals surface area contributed by atoms with E-state index in [2.05, 4.69) is 10.6 Å². The Morgan fingerprint density at radius 3 is 2.46 bits per heavy atom. The number of ether oxygens (including phenoxy) is 2. The molecule has 28 heavy (non-hydrogen) atoms. The van der Waals surface area contributed by atoms with Crippen LogP contribution < -0.4 is 20.1 Å². The van der Waals surface area contributed by atoms with Crippen molar-refractivity contribution in [2.24, 2.45) is 0 Å². The highest BCUT2D eigenvalue weighted by molar-refractivity contribution is 5.89. The fourth-order valence-corrected chi connectivity index (χ4v) is 2.72. The van der Waals surface area contributed by atoms with Gasteiger partial charge in [-0.15, -0.1) is 0 Å². The van der Waals surface area contributed by atoms with Crippen LogP contribution in [-0.2, 0) is 0 Å². The van der Waals surface area contributed by atoms with Crippen molar-refractivity contribution < 1.29 is 19.2 Å². The average molecular weight is 388 g/mol. The summed E-state index contributed by atoms with van der Waals surface area (Å²) in [4.78, 5) is 24.5. The highest BCUT2D eigenvalue weighted by atomic mass is 16.6. The molecule has 0 aliphatic rings. The first kappa shape index (κ1) is 21.0. The molecule has 0 bridgehead atoms. The second kappa shape index (κ2) is 9.56. The molecule has 0 aliphatic heterocycles. The fraction of sp³-hybridized carbons (Fsp3) is 0.316. The SMILES string of the molecule is COc1ccc([C@@H](CNC(=O)Nc2cccc([N+](=O)[O-])c2)N(C)C)cc1OC. The monoisotopic (exact) mass is 388 g/mol. The zero-order valence-corrected chi connectivity index (χ0v) is 16.3. The molecule has 0 fully saturated rings. The van der Waals surface area contributed by atoms with E-state index in [0.717, 1.165) is 5.56 Å². The number of hydrogen-bond donors (Lipinski definition) is 2. The number of methoxy groups -OCH3 is 2. The van der Waals surface area contributed by atoms with Gasteiger partial charge in [-0.25, -0.2) is 4.79 Å². The summed E-state index contributed by atoms with van der Waals surface area (Å²) in [5.74, 6) is 1.23. The van der Waals surface area contributed by atoms with Crippen LogP contribution in [0, 0.1) is 10.1 Å². The summed E-state index contributed by atoms with van der Waals surface area (Å²) < 4.78 is 10.6. The quantitative estimate of drug-likeness (QED) is 0.532. The van der Waals surface area contributed by atoms with Crippen LogP contribution in [0.4, 0.5) is 16.2 Å². The van der Waals surface area contributed by atoms with Crippen molar-refractivity contribution in [2.75, 3.05) is 40.2 Å². The number of nitrogens with one attached hydrogen (secondary N) is 2. The van der Waals surface area contributed by atoms with Crippen molar-refractivity contribution in [1.29, 1.82) is 0 Å². The lowest BCUT2D eigenvalue weighted by Gasteiger charge is -2.26. The molecule has 0 saturated heterocycles. The standard InChI is InChI=1S/C19H24N4O5/c1-22(2)16(13-8-9-17(27-3)18(10-13)28-4)12-20-19(24)21-14-6-5-7-15(11-14)23(25)26/h5-11,16H,12H2,1-4H3,(H2,20,21,24)/t16-/m1/s1. The minimum atomic E-state index is -0.512. The Bertz CT molecular complexity index is 841. The van der Waals surface area contributed by atoms with Gasteiger partial charge in [0, 0.05) is 24.4 Å². The number of hydrogen-bond acceptors (Lipinski definition) is 6. The average Bonchev–Trinajstić information content (AvgIpc) is 2.67. The Kier molecular flexibility index (Phi) is 7.16. The molecule has 1 atom stereocenters. The van der Waals surface area contributed by atoms with Gasteiger partial charge in [-0.2, -0.15) is 0 Å². The molecule has 2 aromatic carbocycles. The van der Waals surface area contributed by atoms with Crippen molar-refractivity contribution in [2.45, 2.75) is 6.04 Å². The van der Waals surface area contributed by atoms with Crippen LogP contribution in [0.3, 0.4) is 0 Å². The third-order valence-electron chi connectivity index (χ3n) is 4.19. The predicted octanol–water partition coefficient (Wildman–Crippen LogP) is 3.04. The lowest BCUT2D eigenvalue weighted by Crippen LogP contribution is -2.36. The smallest absolute Gasteiger partial charge is 0.319 e. The van der Waals surface area contributed by atoms with Crippen molar-refractivity contribution in [1.82, 2.24) is 10.2 Å². The number of rotatable bonds is 8. The van der Waals surface area contributed by atoms with Crippen LogP contribution in [0.2, 0.25) is 0 Å². The normalized spacial score (nSPS) is 11.6.